The molecule has 1 aromatic rings. The van der Waals surface area contributed by atoms with E-state index in [-0.39, 0.29) is 11.6 Å². The number of thiazole rings is 1. The van der Waals surface area contributed by atoms with Crippen LogP contribution in [0.3, 0.4) is 0 Å². The van der Waals surface area contributed by atoms with E-state index in [1.165, 1.54) is 0 Å². The first-order valence-corrected chi connectivity index (χ1v) is 8.47. The highest BCUT2D eigenvalue weighted by Crippen LogP contribution is 2.25. The van der Waals surface area contributed by atoms with Crippen LogP contribution < -0.4 is 5.32 Å². The maximum atomic E-state index is 11.4. The summed E-state index contributed by atoms with van der Waals surface area (Å²) in [4.78, 5) is 4.32. The number of nitrogens with one attached hydrogen (secondary N) is 1. The number of rotatable bonds is 3. The molecule has 1 fully saturated rings. The van der Waals surface area contributed by atoms with Gasteiger partial charge >= 0.3 is 0 Å². The smallest absolute Gasteiger partial charge is 0.150 e. The van der Waals surface area contributed by atoms with Gasteiger partial charge in [0.1, 0.15) is 14.8 Å². The van der Waals surface area contributed by atoms with E-state index in [0.29, 0.717) is 24.3 Å². The summed E-state index contributed by atoms with van der Waals surface area (Å²) >= 11 is 1.63. The third-order valence-electron chi connectivity index (χ3n) is 3.09. The largest absolute Gasteiger partial charge is 0.303 e. The normalized spacial score (nSPS) is 21.5. The molecule has 0 unspecified atom stereocenters. The molecule has 0 saturated carbocycles. The van der Waals surface area contributed by atoms with Crippen LogP contribution in [0.4, 0.5) is 0 Å². The maximum absolute atomic E-state index is 11.4. The van der Waals surface area contributed by atoms with E-state index in [1.54, 1.807) is 17.5 Å². The minimum absolute atomic E-state index is 0.181. The van der Waals surface area contributed by atoms with E-state index in [1.807, 2.05) is 5.38 Å². The number of hydrogen-bond donors (Lipinski definition) is 1. The molecule has 1 N–H and O–H groups in total. The lowest BCUT2D eigenvalue weighted by molar-refractivity contribution is 0.322. The van der Waals surface area contributed by atoms with Crippen molar-refractivity contribution >= 4 is 21.2 Å². The van der Waals surface area contributed by atoms with Crippen molar-refractivity contribution in [1.29, 1.82) is 0 Å². The summed E-state index contributed by atoms with van der Waals surface area (Å²) in [6.45, 7) is 4.18. The summed E-state index contributed by atoms with van der Waals surface area (Å²) in [5.41, 5.74) is -0.181. The molecule has 0 aliphatic carbocycles. The monoisotopic (exact) mass is 274 g/mol. The standard InChI is InChI=1S/C11H18N2O2S2/c1-11(2,10-12-5-6-16-10)13-9-3-7-17(14,15)8-4-9/h5-6,9,13H,3-4,7-8H2,1-2H3. The fourth-order valence-electron chi connectivity index (χ4n) is 2.14. The fraction of sp³-hybridized carbons (Fsp3) is 0.727. The Hall–Kier alpha value is -0.460. The van der Waals surface area contributed by atoms with Gasteiger partial charge in [0.2, 0.25) is 0 Å². The van der Waals surface area contributed by atoms with Gasteiger partial charge in [0.25, 0.3) is 0 Å². The van der Waals surface area contributed by atoms with Crippen molar-refractivity contribution in [1.82, 2.24) is 10.3 Å². The molecule has 1 aliphatic rings. The van der Waals surface area contributed by atoms with Crippen molar-refractivity contribution in [2.45, 2.75) is 38.3 Å². The van der Waals surface area contributed by atoms with Crippen molar-refractivity contribution in [3.05, 3.63) is 16.6 Å². The average Bonchev–Trinajstić information content (AvgIpc) is 2.75. The van der Waals surface area contributed by atoms with Crippen LogP contribution in [0.1, 0.15) is 31.7 Å². The average molecular weight is 274 g/mol. The van der Waals surface area contributed by atoms with Crippen LogP contribution in [0.25, 0.3) is 0 Å². The minimum atomic E-state index is -2.78. The molecule has 0 spiro atoms. The number of nitrogens with zero attached hydrogens (tertiary/aromatic N) is 1. The maximum Gasteiger partial charge on any atom is 0.150 e. The number of sulfone groups is 1. The van der Waals surface area contributed by atoms with E-state index in [0.717, 1.165) is 5.01 Å². The Kier molecular flexibility index (Phi) is 3.56. The van der Waals surface area contributed by atoms with Crippen molar-refractivity contribution < 1.29 is 8.42 Å². The van der Waals surface area contributed by atoms with Gasteiger partial charge in [-0.25, -0.2) is 13.4 Å². The van der Waals surface area contributed by atoms with Crippen LogP contribution in [0, 0.1) is 0 Å². The van der Waals surface area contributed by atoms with E-state index in [9.17, 15) is 8.42 Å². The molecule has 1 aliphatic heterocycles. The first-order chi connectivity index (χ1) is 7.89. The Labute approximate surface area is 106 Å². The molecule has 1 saturated heterocycles. The fourth-order valence-corrected chi connectivity index (χ4v) is 4.36. The zero-order valence-corrected chi connectivity index (χ0v) is 11.8. The predicted octanol–water partition coefficient (Wildman–Crippen LogP) is 1.54. The van der Waals surface area contributed by atoms with E-state index >= 15 is 0 Å². The molecule has 4 nitrogen and oxygen atoms in total. The second kappa shape index (κ2) is 4.66. The predicted molar refractivity (Wildman–Crippen MR) is 70.0 cm³/mol. The third-order valence-corrected chi connectivity index (χ3v) is 5.90. The van der Waals surface area contributed by atoms with E-state index in [4.69, 9.17) is 0 Å². The van der Waals surface area contributed by atoms with Gasteiger partial charge in [-0.1, -0.05) is 0 Å². The highest BCUT2D eigenvalue weighted by molar-refractivity contribution is 7.91. The lowest BCUT2D eigenvalue weighted by atomic mass is 10.0. The molecular formula is C11H18N2O2S2. The minimum Gasteiger partial charge on any atom is -0.303 e. The first-order valence-electron chi connectivity index (χ1n) is 5.77. The lowest BCUT2D eigenvalue weighted by Crippen LogP contribution is -2.47. The summed E-state index contributed by atoms with van der Waals surface area (Å²) in [5.74, 6) is 0.608. The Morgan fingerprint density at radius 1 is 1.41 bits per heavy atom. The molecule has 6 heteroatoms. The Morgan fingerprint density at radius 2 is 2.06 bits per heavy atom. The first kappa shape index (κ1) is 13.0. The van der Waals surface area contributed by atoms with Crippen LogP contribution in [0.2, 0.25) is 0 Å². The van der Waals surface area contributed by atoms with Crippen molar-refractivity contribution in [3.8, 4) is 0 Å². The van der Waals surface area contributed by atoms with Crippen molar-refractivity contribution in [2.24, 2.45) is 0 Å². The van der Waals surface area contributed by atoms with Gasteiger partial charge in [-0.15, -0.1) is 11.3 Å². The molecule has 0 radical (unpaired) electrons. The quantitative estimate of drug-likeness (QED) is 0.908. The molecule has 2 heterocycles. The third kappa shape index (κ3) is 3.26. The highest BCUT2D eigenvalue weighted by atomic mass is 32.2. The topological polar surface area (TPSA) is 59.1 Å². The number of aromatic nitrogens is 1. The van der Waals surface area contributed by atoms with Crippen LogP contribution in [0.5, 0.6) is 0 Å². The Balaban J connectivity index is 1.98. The zero-order chi connectivity index (χ0) is 12.5. The van der Waals surface area contributed by atoms with Crippen molar-refractivity contribution in [3.63, 3.8) is 0 Å². The van der Waals surface area contributed by atoms with Gasteiger partial charge in [0, 0.05) is 17.6 Å². The van der Waals surface area contributed by atoms with Crippen LogP contribution in [-0.4, -0.2) is 30.9 Å². The van der Waals surface area contributed by atoms with Crippen molar-refractivity contribution in [2.75, 3.05) is 11.5 Å². The second-order valence-corrected chi connectivity index (χ2v) is 8.23. The summed E-state index contributed by atoms with van der Waals surface area (Å²) < 4.78 is 22.7. The van der Waals surface area contributed by atoms with Crippen LogP contribution in [-0.2, 0) is 15.4 Å². The van der Waals surface area contributed by atoms with Gasteiger partial charge in [0.15, 0.2) is 0 Å². The van der Waals surface area contributed by atoms with Crippen LogP contribution >= 0.6 is 11.3 Å². The van der Waals surface area contributed by atoms with E-state index in [2.05, 4.69) is 24.1 Å². The summed E-state index contributed by atoms with van der Waals surface area (Å²) in [6.07, 6.45) is 3.21. The zero-order valence-electron chi connectivity index (χ0n) is 10.1. The Bertz CT molecular complexity index is 452. The van der Waals surface area contributed by atoms with Gasteiger partial charge < -0.3 is 5.32 Å². The lowest BCUT2D eigenvalue weighted by Gasteiger charge is -2.32. The van der Waals surface area contributed by atoms with E-state index < -0.39 is 9.84 Å². The molecule has 1 aromatic heterocycles. The van der Waals surface area contributed by atoms with Gasteiger partial charge in [0.05, 0.1) is 17.0 Å². The summed E-state index contributed by atoms with van der Waals surface area (Å²) in [6, 6.07) is 0.275. The molecule has 2 rings (SSSR count). The Morgan fingerprint density at radius 3 is 2.59 bits per heavy atom. The highest BCUT2D eigenvalue weighted by Gasteiger charge is 2.30. The summed E-state index contributed by atoms with van der Waals surface area (Å²) in [7, 11) is -2.78. The SMILES string of the molecule is CC(C)(NC1CCS(=O)(=O)CC1)c1nccs1. The summed E-state index contributed by atoms with van der Waals surface area (Å²) in [5, 5.41) is 6.53. The van der Waals surface area contributed by atoms with Gasteiger partial charge in [-0.05, 0) is 26.7 Å². The number of hydrogen-bond acceptors (Lipinski definition) is 5. The molecule has 0 amide bonds. The molecule has 96 valence electrons. The second-order valence-electron chi connectivity index (χ2n) is 5.03. The van der Waals surface area contributed by atoms with Gasteiger partial charge in [-0.3, -0.25) is 0 Å². The molecule has 0 aromatic carbocycles. The molecule has 17 heavy (non-hydrogen) atoms. The van der Waals surface area contributed by atoms with Crippen LogP contribution in [0.15, 0.2) is 11.6 Å². The van der Waals surface area contributed by atoms with Gasteiger partial charge in [-0.2, -0.15) is 0 Å². The molecular weight excluding hydrogens is 256 g/mol. The molecule has 0 bridgehead atoms. The molecule has 0 atom stereocenters.